The Morgan fingerprint density at radius 2 is 2.06 bits per heavy atom. The first kappa shape index (κ1) is 9.66. The van der Waals surface area contributed by atoms with Crippen LogP contribution < -0.4 is 10.6 Å². The molecule has 1 aromatic heterocycles. The van der Waals surface area contributed by atoms with E-state index in [1.165, 1.54) is 10.6 Å². The van der Waals surface area contributed by atoms with Gasteiger partial charge in [-0.05, 0) is 37.1 Å². The van der Waals surface area contributed by atoms with Gasteiger partial charge in [0.15, 0.2) is 0 Å². The zero-order valence-electron chi connectivity index (χ0n) is 9.05. The molecular formula is C12H13N3S. The highest BCUT2D eigenvalue weighted by Crippen LogP contribution is 2.45. The third-order valence-corrected chi connectivity index (χ3v) is 3.81. The molecule has 0 bridgehead atoms. The second kappa shape index (κ2) is 3.49. The van der Waals surface area contributed by atoms with E-state index in [4.69, 9.17) is 5.73 Å². The van der Waals surface area contributed by atoms with Crippen LogP contribution in [0.4, 0.5) is 17.2 Å². The highest BCUT2D eigenvalue weighted by Gasteiger charge is 2.23. The topological polar surface area (TPSA) is 34.2 Å². The van der Waals surface area contributed by atoms with Crippen LogP contribution in [-0.4, -0.2) is 10.5 Å². The Bertz CT molecular complexity index is 533. The summed E-state index contributed by atoms with van der Waals surface area (Å²) in [5.74, 6) is 1.09. The SMILES string of the molecule is CCN1c2ccccc2Sn2ccc(N)c21. The minimum absolute atomic E-state index is 0.837. The predicted molar refractivity (Wildman–Crippen MR) is 69.2 cm³/mol. The quantitative estimate of drug-likeness (QED) is 0.819. The highest BCUT2D eigenvalue weighted by atomic mass is 32.2. The van der Waals surface area contributed by atoms with E-state index >= 15 is 0 Å². The Morgan fingerprint density at radius 1 is 1.25 bits per heavy atom. The second-order valence-electron chi connectivity index (χ2n) is 3.72. The first-order valence-electron chi connectivity index (χ1n) is 5.33. The van der Waals surface area contributed by atoms with Crippen molar-refractivity contribution in [2.75, 3.05) is 17.2 Å². The average molecular weight is 231 g/mol. The van der Waals surface area contributed by atoms with E-state index in [-0.39, 0.29) is 0 Å². The normalized spacial score (nSPS) is 13.4. The van der Waals surface area contributed by atoms with E-state index in [0.717, 1.165) is 18.1 Å². The van der Waals surface area contributed by atoms with Gasteiger partial charge in [0.25, 0.3) is 0 Å². The summed E-state index contributed by atoms with van der Waals surface area (Å²) in [6.45, 7) is 3.06. The average Bonchev–Trinajstić information content (AvgIpc) is 2.68. The van der Waals surface area contributed by atoms with E-state index in [9.17, 15) is 0 Å². The monoisotopic (exact) mass is 231 g/mol. The molecule has 0 amide bonds. The maximum atomic E-state index is 6.01. The Kier molecular flexibility index (Phi) is 2.11. The van der Waals surface area contributed by atoms with E-state index in [2.05, 4.69) is 40.1 Å². The lowest BCUT2D eigenvalue weighted by Crippen LogP contribution is -2.22. The minimum atomic E-state index is 0.837. The summed E-state index contributed by atoms with van der Waals surface area (Å²) in [4.78, 5) is 3.52. The van der Waals surface area contributed by atoms with E-state index < -0.39 is 0 Å². The molecule has 82 valence electrons. The number of nitrogens with zero attached hydrogens (tertiary/aromatic N) is 2. The molecule has 0 saturated heterocycles. The minimum Gasteiger partial charge on any atom is -0.396 e. The third-order valence-electron chi connectivity index (χ3n) is 2.78. The molecule has 0 spiro atoms. The van der Waals surface area contributed by atoms with Crippen molar-refractivity contribution >= 4 is 29.1 Å². The van der Waals surface area contributed by atoms with Crippen molar-refractivity contribution in [3.05, 3.63) is 36.5 Å². The molecule has 0 aliphatic carbocycles. The van der Waals surface area contributed by atoms with Crippen LogP contribution in [0.2, 0.25) is 0 Å². The lowest BCUT2D eigenvalue weighted by atomic mass is 10.2. The fourth-order valence-electron chi connectivity index (χ4n) is 2.07. The van der Waals surface area contributed by atoms with Crippen molar-refractivity contribution in [3.8, 4) is 0 Å². The van der Waals surface area contributed by atoms with Crippen molar-refractivity contribution < 1.29 is 0 Å². The smallest absolute Gasteiger partial charge is 0.147 e. The Labute approximate surface area is 99.0 Å². The molecule has 3 rings (SSSR count). The molecule has 0 fully saturated rings. The molecule has 0 radical (unpaired) electrons. The largest absolute Gasteiger partial charge is 0.396 e. The Morgan fingerprint density at radius 3 is 2.88 bits per heavy atom. The van der Waals surface area contributed by atoms with Gasteiger partial charge in [-0.25, -0.2) is 0 Å². The maximum absolute atomic E-state index is 6.01. The molecular weight excluding hydrogens is 218 g/mol. The number of rotatable bonds is 1. The zero-order chi connectivity index (χ0) is 11.1. The van der Waals surface area contributed by atoms with Crippen molar-refractivity contribution in [2.24, 2.45) is 0 Å². The van der Waals surface area contributed by atoms with E-state index in [1.54, 1.807) is 11.9 Å². The number of anilines is 3. The number of nitrogen functional groups attached to an aromatic ring is 1. The molecule has 1 aliphatic rings. The van der Waals surface area contributed by atoms with Crippen LogP contribution in [0.25, 0.3) is 0 Å². The Hall–Kier alpha value is -1.55. The van der Waals surface area contributed by atoms with Gasteiger partial charge in [-0.15, -0.1) is 0 Å². The van der Waals surface area contributed by atoms with Crippen LogP contribution in [0.3, 0.4) is 0 Å². The molecule has 2 N–H and O–H groups in total. The van der Waals surface area contributed by atoms with Gasteiger partial charge in [0.05, 0.1) is 16.3 Å². The summed E-state index contributed by atoms with van der Waals surface area (Å²) in [7, 11) is 0. The van der Waals surface area contributed by atoms with Gasteiger partial charge in [0, 0.05) is 12.7 Å². The molecule has 16 heavy (non-hydrogen) atoms. The molecule has 0 saturated carbocycles. The van der Waals surface area contributed by atoms with Gasteiger partial charge in [-0.2, -0.15) is 0 Å². The summed E-state index contributed by atoms with van der Waals surface area (Å²) >= 11 is 1.72. The summed E-state index contributed by atoms with van der Waals surface area (Å²) in [6.07, 6.45) is 2.02. The molecule has 1 aliphatic heterocycles. The molecule has 1 aromatic carbocycles. The van der Waals surface area contributed by atoms with Gasteiger partial charge >= 0.3 is 0 Å². The molecule has 2 heterocycles. The number of benzene rings is 1. The fourth-order valence-corrected chi connectivity index (χ4v) is 3.10. The van der Waals surface area contributed by atoms with Crippen LogP contribution in [0.5, 0.6) is 0 Å². The molecule has 4 heteroatoms. The Balaban J connectivity index is 2.21. The summed E-state index contributed by atoms with van der Waals surface area (Å²) in [6, 6.07) is 10.4. The number of hydrogen-bond donors (Lipinski definition) is 1. The lowest BCUT2D eigenvalue weighted by Gasteiger charge is -2.31. The van der Waals surface area contributed by atoms with Crippen LogP contribution in [0.15, 0.2) is 41.4 Å². The van der Waals surface area contributed by atoms with Crippen molar-refractivity contribution in [1.82, 2.24) is 3.97 Å². The van der Waals surface area contributed by atoms with Gasteiger partial charge in [0.2, 0.25) is 0 Å². The van der Waals surface area contributed by atoms with Crippen molar-refractivity contribution in [2.45, 2.75) is 11.8 Å². The molecule has 3 nitrogen and oxygen atoms in total. The fraction of sp³-hybridized carbons (Fsp3) is 0.167. The van der Waals surface area contributed by atoms with Gasteiger partial charge in [0.1, 0.15) is 5.82 Å². The molecule has 2 aromatic rings. The first-order chi connectivity index (χ1) is 7.81. The van der Waals surface area contributed by atoms with Crippen molar-refractivity contribution in [1.29, 1.82) is 0 Å². The van der Waals surface area contributed by atoms with E-state index in [1.807, 2.05) is 12.3 Å². The second-order valence-corrected chi connectivity index (χ2v) is 4.74. The summed E-state index contributed by atoms with van der Waals surface area (Å²) in [5.41, 5.74) is 8.09. The maximum Gasteiger partial charge on any atom is 0.147 e. The predicted octanol–water partition coefficient (Wildman–Crippen LogP) is 3.10. The van der Waals surface area contributed by atoms with Gasteiger partial charge in [-0.1, -0.05) is 12.1 Å². The standard InChI is InChI=1S/C12H13N3S/c1-2-14-10-5-3-4-6-11(10)16-15-8-7-9(13)12(14)15/h3-8H,2,13H2,1H3. The van der Waals surface area contributed by atoms with Crippen LogP contribution >= 0.6 is 11.9 Å². The first-order valence-corrected chi connectivity index (χ1v) is 6.10. The lowest BCUT2D eigenvalue weighted by molar-refractivity contribution is 0.957. The van der Waals surface area contributed by atoms with Crippen LogP contribution in [0, 0.1) is 0 Å². The number of nitrogens with two attached hydrogens (primary N) is 1. The molecule has 0 unspecified atom stereocenters. The molecule has 0 atom stereocenters. The highest BCUT2D eigenvalue weighted by molar-refractivity contribution is 7.98. The van der Waals surface area contributed by atoms with Crippen molar-refractivity contribution in [3.63, 3.8) is 0 Å². The summed E-state index contributed by atoms with van der Waals surface area (Å²) in [5, 5.41) is 0. The van der Waals surface area contributed by atoms with E-state index in [0.29, 0.717) is 0 Å². The van der Waals surface area contributed by atoms with Gasteiger partial charge in [-0.3, -0.25) is 3.97 Å². The number of fused-ring (bicyclic) bond motifs is 2. The number of hydrogen-bond acceptors (Lipinski definition) is 3. The van der Waals surface area contributed by atoms with Crippen LogP contribution in [0.1, 0.15) is 6.92 Å². The van der Waals surface area contributed by atoms with Crippen LogP contribution in [-0.2, 0) is 0 Å². The van der Waals surface area contributed by atoms with Gasteiger partial charge < -0.3 is 10.6 Å². The number of para-hydroxylation sites is 1. The zero-order valence-corrected chi connectivity index (χ0v) is 9.87. The summed E-state index contributed by atoms with van der Waals surface area (Å²) < 4.78 is 2.13. The third kappa shape index (κ3) is 1.23. The number of aromatic nitrogens is 1.